The molecule has 114 valence electrons. The fraction of sp³-hybridized carbons (Fsp3) is 0.455. The summed E-state index contributed by atoms with van der Waals surface area (Å²) in [6.07, 6.45) is -5.70. The van der Waals surface area contributed by atoms with Crippen LogP contribution in [0.15, 0.2) is 23.1 Å². The maximum Gasteiger partial charge on any atom is 0.390 e. The number of alkyl halides is 3. The third-order valence-electron chi connectivity index (χ3n) is 2.40. The van der Waals surface area contributed by atoms with Gasteiger partial charge in [0.25, 0.3) is 0 Å². The molecule has 0 spiro atoms. The van der Waals surface area contributed by atoms with Crippen LogP contribution in [0.2, 0.25) is 0 Å². The molecule has 0 saturated heterocycles. The number of nitrogens with one attached hydrogen (secondary N) is 1. The molecule has 0 atom stereocenters. The SMILES string of the molecule is COc1cc(CO)ccc1S(=O)(=O)NCCC(F)(F)F. The average Bonchev–Trinajstić information content (AvgIpc) is 2.36. The van der Waals surface area contributed by atoms with Crippen molar-refractivity contribution in [3.63, 3.8) is 0 Å². The number of aliphatic hydroxyl groups is 1. The van der Waals surface area contributed by atoms with Crippen LogP contribution in [0.25, 0.3) is 0 Å². The number of aliphatic hydroxyl groups excluding tert-OH is 1. The van der Waals surface area contributed by atoms with E-state index < -0.39 is 29.2 Å². The Kier molecular flexibility index (Phi) is 5.37. The first-order valence-electron chi connectivity index (χ1n) is 5.54. The molecule has 0 fully saturated rings. The van der Waals surface area contributed by atoms with Gasteiger partial charge in [0.1, 0.15) is 10.6 Å². The highest BCUT2D eigenvalue weighted by molar-refractivity contribution is 7.89. The normalized spacial score (nSPS) is 12.4. The Labute approximate surface area is 114 Å². The van der Waals surface area contributed by atoms with Gasteiger partial charge in [-0.05, 0) is 17.7 Å². The molecule has 0 aliphatic carbocycles. The lowest BCUT2D eigenvalue weighted by Crippen LogP contribution is -2.28. The first-order chi connectivity index (χ1) is 9.19. The van der Waals surface area contributed by atoms with Crippen LogP contribution in [-0.2, 0) is 16.6 Å². The van der Waals surface area contributed by atoms with E-state index in [0.717, 1.165) is 0 Å². The van der Waals surface area contributed by atoms with Crippen LogP contribution in [0.5, 0.6) is 5.75 Å². The molecule has 0 aliphatic rings. The zero-order valence-corrected chi connectivity index (χ0v) is 11.4. The highest BCUT2D eigenvalue weighted by atomic mass is 32.2. The Morgan fingerprint density at radius 2 is 2.00 bits per heavy atom. The molecule has 0 saturated carbocycles. The molecule has 0 amide bonds. The van der Waals surface area contributed by atoms with Crippen LogP contribution >= 0.6 is 0 Å². The van der Waals surface area contributed by atoms with Crippen molar-refractivity contribution < 1.29 is 31.4 Å². The van der Waals surface area contributed by atoms with Gasteiger partial charge in [0.2, 0.25) is 10.0 Å². The van der Waals surface area contributed by atoms with Crippen LogP contribution in [0.3, 0.4) is 0 Å². The fourth-order valence-corrected chi connectivity index (χ4v) is 2.62. The minimum atomic E-state index is -4.44. The summed E-state index contributed by atoms with van der Waals surface area (Å²) in [5.74, 6) is -0.0453. The largest absolute Gasteiger partial charge is 0.495 e. The highest BCUT2D eigenvalue weighted by Crippen LogP contribution is 2.25. The summed E-state index contributed by atoms with van der Waals surface area (Å²) < 4.78 is 66.4. The Balaban J connectivity index is 2.92. The molecule has 20 heavy (non-hydrogen) atoms. The molecule has 0 unspecified atom stereocenters. The van der Waals surface area contributed by atoms with Gasteiger partial charge in [-0.25, -0.2) is 13.1 Å². The van der Waals surface area contributed by atoms with E-state index in [-0.39, 0.29) is 17.3 Å². The summed E-state index contributed by atoms with van der Waals surface area (Å²) in [7, 11) is -2.88. The zero-order valence-electron chi connectivity index (χ0n) is 10.6. The van der Waals surface area contributed by atoms with Gasteiger partial charge in [-0.15, -0.1) is 0 Å². The number of sulfonamides is 1. The van der Waals surface area contributed by atoms with E-state index in [1.165, 1.54) is 25.3 Å². The number of rotatable bonds is 6. The van der Waals surface area contributed by atoms with E-state index in [1.54, 1.807) is 0 Å². The Morgan fingerprint density at radius 3 is 2.50 bits per heavy atom. The smallest absolute Gasteiger partial charge is 0.390 e. The van der Waals surface area contributed by atoms with Crippen LogP contribution in [0.1, 0.15) is 12.0 Å². The summed E-state index contributed by atoms with van der Waals surface area (Å²) in [6.45, 7) is -1.06. The first-order valence-corrected chi connectivity index (χ1v) is 7.02. The molecule has 1 rings (SSSR count). The van der Waals surface area contributed by atoms with Gasteiger partial charge in [0.05, 0.1) is 20.1 Å². The second-order valence-electron chi connectivity index (χ2n) is 3.91. The lowest BCUT2D eigenvalue weighted by atomic mass is 10.2. The van der Waals surface area contributed by atoms with E-state index in [9.17, 15) is 21.6 Å². The van der Waals surface area contributed by atoms with Crippen molar-refractivity contribution in [2.75, 3.05) is 13.7 Å². The second kappa shape index (κ2) is 6.42. The third kappa shape index (κ3) is 4.66. The topological polar surface area (TPSA) is 75.6 Å². The lowest BCUT2D eigenvalue weighted by molar-refractivity contribution is -0.132. The molecule has 0 aromatic heterocycles. The van der Waals surface area contributed by atoms with Crippen LogP contribution < -0.4 is 9.46 Å². The van der Waals surface area contributed by atoms with E-state index in [0.29, 0.717) is 5.56 Å². The average molecular weight is 313 g/mol. The van der Waals surface area contributed by atoms with E-state index >= 15 is 0 Å². The summed E-state index contributed by atoms with van der Waals surface area (Å²) in [6, 6.07) is 3.82. The summed E-state index contributed by atoms with van der Waals surface area (Å²) in [4.78, 5) is -0.278. The number of methoxy groups -OCH3 is 1. The molecule has 9 heteroatoms. The van der Waals surface area contributed by atoms with Crippen molar-refractivity contribution in [1.82, 2.24) is 4.72 Å². The van der Waals surface area contributed by atoms with Crippen molar-refractivity contribution in [2.24, 2.45) is 0 Å². The number of hydrogen-bond acceptors (Lipinski definition) is 4. The molecule has 1 aromatic carbocycles. The van der Waals surface area contributed by atoms with Crippen molar-refractivity contribution in [3.8, 4) is 5.75 Å². The monoisotopic (exact) mass is 313 g/mol. The van der Waals surface area contributed by atoms with Gasteiger partial charge in [-0.1, -0.05) is 6.07 Å². The molecule has 1 aromatic rings. The van der Waals surface area contributed by atoms with Crippen molar-refractivity contribution in [2.45, 2.75) is 24.1 Å². The zero-order chi connectivity index (χ0) is 15.4. The predicted octanol–water partition coefficient (Wildman–Crippen LogP) is 1.42. The first kappa shape index (κ1) is 16.7. The molecule has 0 heterocycles. The minimum absolute atomic E-state index is 0.0453. The van der Waals surface area contributed by atoms with Gasteiger partial charge in [0.15, 0.2) is 0 Å². The maximum atomic E-state index is 12.0. The highest BCUT2D eigenvalue weighted by Gasteiger charge is 2.28. The standard InChI is InChI=1S/C11H14F3NO4S/c1-19-9-6-8(7-16)2-3-10(9)20(17,18)15-5-4-11(12,13)14/h2-3,6,15-16H,4-5,7H2,1H3. The third-order valence-corrected chi connectivity index (χ3v) is 3.90. The van der Waals surface area contributed by atoms with Crippen molar-refractivity contribution in [1.29, 1.82) is 0 Å². The van der Waals surface area contributed by atoms with Crippen LogP contribution in [-0.4, -0.2) is 33.4 Å². The fourth-order valence-electron chi connectivity index (χ4n) is 1.44. The predicted molar refractivity (Wildman–Crippen MR) is 64.8 cm³/mol. The molecule has 2 N–H and O–H groups in total. The van der Waals surface area contributed by atoms with Crippen molar-refractivity contribution in [3.05, 3.63) is 23.8 Å². The van der Waals surface area contributed by atoms with E-state index in [4.69, 9.17) is 9.84 Å². The second-order valence-corrected chi connectivity index (χ2v) is 5.64. The minimum Gasteiger partial charge on any atom is -0.495 e. The maximum absolute atomic E-state index is 12.0. The summed E-state index contributed by atoms with van der Waals surface area (Å²) >= 11 is 0. The van der Waals surface area contributed by atoms with Gasteiger partial charge in [-0.3, -0.25) is 0 Å². The molecule has 0 radical (unpaired) electrons. The number of halogens is 3. The van der Waals surface area contributed by atoms with Gasteiger partial charge < -0.3 is 9.84 Å². The van der Waals surface area contributed by atoms with E-state index in [1.807, 2.05) is 4.72 Å². The van der Waals surface area contributed by atoms with E-state index in [2.05, 4.69) is 0 Å². The van der Waals surface area contributed by atoms with Gasteiger partial charge in [0, 0.05) is 6.54 Å². The Morgan fingerprint density at radius 1 is 1.35 bits per heavy atom. The Bertz CT molecular complexity index is 557. The Hall–Kier alpha value is -1.32. The van der Waals surface area contributed by atoms with Gasteiger partial charge in [-0.2, -0.15) is 13.2 Å². The molecular formula is C11H14F3NO4S. The molecular weight excluding hydrogens is 299 g/mol. The quantitative estimate of drug-likeness (QED) is 0.833. The lowest BCUT2D eigenvalue weighted by Gasteiger charge is -2.12. The van der Waals surface area contributed by atoms with Crippen molar-refractivity contribution >= 4 is 10.0 Å². The number of hydrogen-bond donors (Lipinski definition) is 2. The number of benzene rings is 1. The van der Waals surface area contributed by atoms with Crippen LogP contribution in [0.4, 0.5) is 13.2 Å². The molecule has 0 bridgehead atoms. The summed E-state index contributed by atoms with van der Waals surface area (Å²) in [5.41, 5.74) is 0.427. The van der Waals surface area contributed by atoms with Gasteiger partial charge >= 0.3 is 6.18 Å². The van der Waals surface area contributed by atoms with Crippen LogP contribution in [0, 0.1) is 0 Å². The molecule has 0 aliphatic heterocycles. The summed E-state index contributed by atoms with van der Waals surface area (Å²) in [5, 5.41) is 8.94. The molecule has 5 nitrogen and oxygen atoms in total. The number of ether oxygens (including phenoxy) is 1.